The number of hydrogen-bond acceptors (Lipinski definition) is 3. The van der Waals surface area contributed by atoms with Crippen LogP contribution in [0.2, 0.25) is 5.15 Å². The number of pyridine rings is 1. The average molecular weight is 271 g/mol. The summed E-state index contributed by atoms with van der Waals surface area (Å²) in [6.07, 6.45) is 1.52. The van der Waals surface area contributed by atoms with E-state index in [1.165, 1.54) is 10.8 Å². The predicted molar refractivity (Wildman–Crippen MR) is 71.4 cm³/mol. The Hall–Kier alpha value is -2.58. The highest BCUT2D eigenvalue weighted by Gasteiger charge is 2.09. The number of halogens is 1. The van der Waals surface area contributed by atoms with Crippen LogP contribution in [-0.2, 0) is 0 Å². The van der Waals surface area contributed by atoms with Gasteiger partial charge in [-0.05, 0) is 30.3 Å². The molecule has 0 spiro atoms. The first-order valence-corrected chi connectivity index (χ1v) is 5.83. The molecule has 0 aliphatic carbocycles. The predicted octanol–water partition coefficient (Wildman–Crippen LogP) is 2.24. The topological polar surface area (TPSA) is 74.5 Å². The second-order valence-electron chi connectivity index (χ2n) is 3.95. The van der Waals surface area contributed by atoms with Gasteiger partial charge in [-0.15, -0.1) is 0 Å². The molecule has 0 fully saturated rings. The van der Waals surface area contributed by atoms with E-state index >= 15 is 0 Å². The molecule has 0 aliphatic heterocycles. The number of fused-ring (bicyclic) bond motifs is 1. The van der Waals surface area contributed by atoms with Gasteiger partial charge in [0.2, 0.25) is 0 Å². The van der Waals surface area contributed by atoms with Crippen LogP contribution in [0, 0.1) is 11.3 Å². The van der Waals surface area contributed by atoms with Crippen molar-refractivity contribution in [2.45, 2.75) is 0 Å². The van der Waals surface area contributed by atoms with Gasteiger partial charge in [0, 0.05) is 0 Å². The van der Waals surface area contributed by atoms with Crippen molar-refractivity contribution in [2.24, 2.45) is 0 Å². The van der Waals surface area contributed by atoms with Crippen LogP contribution >= 0.6 is 11.6 Å². The summed E-state index contributed by atoms with van der Waals surface area (Å²) in [5, 5.41) is 9.21. The fourth-order valence-corrected chi connectivity index (χ4v) is 2.05. The molecular formula is C13H7ClN4O. The van der Waals surface area contributed by atoms with Crippen LogP contribution in [0.1, 0.15) is 5.56 Å². The lowest BCUT2D eigenvalue weighted by Crippen LogP contribution is -2.14. The van der Waals surface area contributed by atoms with Gasteiger partial charge in [-0.2, -0.15) is 5.26 Å². The highest BCUT2D eigenvalue weighted by atomic mass is 35.5. The Morgan fingerprint density at radius 2 is 2.16 bits per heavy atom. The zero-order chi connectivity index (χ0) is 13.4. The zero-order valence-electron chi connectivity index (χ0n) is 9.59. The Balaban J connectivity index is 2.30. The van der Waals surface area contributed by atoms with Gasteiger partial charge in [0.1, 0.15) is 5.15 Å². The van der Waals surface area contributed by atoms with Crippen LogP contribution in [0.15, 0.2) is 41.3 Å². The normalized spacial score (nSPS) is 10.5. The summed E-state index contributed by atoms with van der Waals surface area (Å²) in [5.74, 6) is 0. The molecule has 0 saturated heterocycles. The molecule has 5 nitrogen and oxygen atoms in total. The third kappa shape index (κ3) is 1.88. The maximum absolute atomic E-state index is 12.0. The largest absolute Gasteiger partial charge is 0.331 e. The molecule has 1 N–H and O–H groups in total. The molecule has 3 rings (SSSR count). The molecule has 1 aromatic carbocycles. The number of rotatable bonds is 1. The van der Waals surface area contributed by atoms with Gasteiger partial charge in [-0.3, -0.25) is 4.57 Å². The van der Waals surface area contributed by atoms with E-state index in [0.717, 1.165) is 0 Å². The summed E-state index contributed by atoms with van der Waals surface area (Å²) in [7, 11) is 0. The smallest absolute Gasteiger partial charge is 0.305 e. The van der Waals surface area contributed by atoms with E-state index in [9.17, 15) is 4.79 Å². The SMILES string of the molecule is N#Cc1ccc2c(c1)[nH]c(=O)n2-c1ccc(Cl)nc1. The Morgan fingerprint density at radius 1 is 1.32 bits per heavy atom. The second-order valence-corrected chi connectivity index (χ2v) is 4.34. The molecule has 2 aromatic heterocycles. The molecule has 0 aliphatic rings. The molecule has 0 atom stereocenters. The first kappa shape index (κ1) is 11.5. The van der Waals surface area contributed by atoms with E-state index in [4.69, 9.17) is 16.9 Å². The zero-order valence-corrected chi connectivity index (χ0v) is 10.3. The molecule has 0 radical (unpaired) electrons. The molecule has 19 heavy (non-hydrogen) atoms. The van der Waals surface area contributed by atoms with Gasteiger partial charge in [0.25, 0.3) is 0 Å². The van der Waals surface area contributed by atoms with Crippen molar-refractivity contribution in [2.75, 3.05) is 0 Å². The third-order valence-corrected chi connectivity index (χ3v) is 3.00. The molecule has 0 amide bonds. The highest BCUT2D eigenvalue weighted by molar-refractivity contribution is 6.29. The van der Waals surface area contributed by atoms with Crippen LogP contribution in [0.25, 0.3) is 16.7 Å². The van der Waals surface area contributed by atoms with E-state index in [-0.39, 0.29) is 5.69 Å². The van der Waals surface area contributed by atoms with Crippen molar-refractivity contribution in [3.63, 3.8) is 0 Å². The molecule has 0 saturated carbocycles. The van der Waals surface area contributed by atoms with E-state index in [1.54, 1.807) is 30.3 Å². The number of nitrogens with zero attached hydrogens (tertiary/aromatic N) is 3. The van der Waals surface area contributed by atoms with E-state index in [0.29, 0.717) is 27.4 Å². The molecule has 2 heterocycles. The Labute approximate surface area is 112 Å². The number of benzene rings is 1. The van der Waals surface area contributed by atoms with E-state index in [1.807, 2.05) is 6.07 Å². The van der Waals surface area contributed by atoms with Crippen molar-refractivity contribution in [1.29, 1.82) is 5.26 Å². The number of aromatic amines is 1. The summed E-state index contributed by atoms with van der Waals surface area (Å²) in [4.78, 5) is 18.7. The maximum Gasteiger partial charge on any atom is 0.331 e. The van der Waals surface area contributed by atoms with Gasteiger partial charge in [0.05, 0.1) is 34.6 Å². The minimum absolute atomic E-state index is 0.283. The number of imidazole rings is 1. The summed E-state index contributed by atoms with van der Waals surface area (Å²) in [5.41, 5.74) is 2.13. The standard InChI is InChI=1S/C13H7ClN4O/c14-12-4-2-9(7-16-12)18-11-3-1-8(6-15)5-10(11)17-13(18)19/h1-5,7H,(H,17,19). The molecule has 6 heteroatoms. The number of nitriles is 1. The van der Waals surface area contributed by atoms with Crippen molar-refractivity contribution in [3.8, 4) is 11.8 Å². The summed E-state index contributed by atoms with van der Waals surface area (Å²) in [6.45, 7) is 0. The number of nitrogens with one attached hydrogen (secondary N) is 1. The van der Waals surface area contributed by atoms with Crippen LogP contribution < -0.4 is 5.69 Å². The van der Waals surface area contributed by atoms with Gasteiger partial charge in [-0.1, -0.05) is 11.6 Å². The van der Waals surface area contributed by atoms with Crippen LogP contribution in [0.4, 0.5) is 0 Å². The first-order chi connectivity index (χ1) is 9.19. The Kier molecular flexibility index (Phi) is 2.58. The minimum Gasteiger partial charge on any atom is -0.305 e. The van der Waals surface area contributed by atoms with Crippen molar-refractivity contribution in [3.05, 3.63) is 57.7 Å². The van der Waals surface area contributed by atoms with E-state index in [2.05, 4.69) is 9.97 Å². The quantitative estimate of drug-likeness (QED) is 0.689. The lowest BCUT2D eigenvalue weighted by Gasteiger charge is -2.02. The average Bonchev–Trinajstić information content (AvgIpc) is 2.74. The summed E-state index contributed by atoms with van der Waals surface area (Å²) >= 11 is 5.73. The fourth-order valence-electron chi connectivity index (χ4n) is 1.94. The monoisotopic (exact) mass is 270 g/mol. The van der Waals surface area contributed by atoms with E-state index < -0.39 is 0 Å². The first-order valence-electron chi connectivity index (χ1n) is 5.46. The maximum atomic E-state index is 12.0. The lowest BCUT2D eigenvalue weighted by molar-refractivity contribution is 1.00. The van der Waals surface area contributed by atoms with Crippen LogP contribution in [0.3, 0.4) is 0 Å². The second kappa shape index (κ2) is 4.26. The number of H-pyrrole nitrogens is 1. The Bertz CT molecular complexity index is 855. The molecule has 0 unspecified atom stereocenters. The minimum atomic E-state index is -0.283. The van der Waals surface area contributed by atoms with Crippen LogP contribution in [0.5, 0.6) is 0 Å². The molecule has 92 valence electrons. The Morgan fingerprint density at radius 3 is 2.84 bits per heavy atom. The lowest BCUT2D eigenvalue weighted by atomic mass is 10.2. The van der Waals surface area contributed by atoms with Gasteiger partial charge < -0.3 is 4.98 Å². The van der Waals surface area contributed by atoms with Gasteiger partial charge >= 0.3 is 5.69 Å². The van der Waals surface area contributed by atoms with Gasteiger partial charge in [0.15, 0.2) is 0 Å². The molecular weight excluding hydrogens is 264 g/mol. The van der Waals surface area contributed by atoms with Crippen LogP contribution in [-0.4, -0.2) is 14.5 Å². The van der Waals surface area contributed by atoms with Crippen molar-refractivity contribution in [1.82, 2.24) is 14.5 Å². The number of hydrogen-bond donors (Lipinski definition) is 1. The molecule has 0 bridgehead atoms. The fraction of sp³-hybridized carbons (Fsp3) is 0. The number of aromatic nitrogens is 3. The van der Waals surface area contributed by atoms with Crippen molar-refractivity contribution < 1.29 is 0 Å². The molecule has 3 aromatic rings. The third-order valence-electron chi connectivity index (χ3n) is 2.78. The van der Waals surface area contributed by atoms with Gasteiger partial charge in [-0.25, -0.2) is 9.78 Å². The highest BCUT2D eigenvalue weighted by Crippen LogP contribution is 2.17. The summed E-state index contributed by atoms with van der Waals surface area (Å²) in [6, 6.07) is 10.4. The van der Waals surface area contributed by atoms with Crippen molar-refractivity contribution >= 4 is 22.6 Å². The summed E-state index contributed by atoms with van der Waals surface area (Å²) < 4.78 is 1.49.